The summed E-state index contributed by atoms with van der Waals surface area (Å²) in [7, 11) is 1.71. The third kappa shape index (κ3) is 11.7. The highest BCUT2D eigenvalue weighted by atomic mass is 35.5. The predicted molar refractivity (Wildman–Crippen MR) is 160 cm³/mol. The van der Waals surface area contributed by atoms with Crippen LogP contribution >= 0.6 is 23.2 Å². The highest BCUT2D eigenvalue weighted by Gasteiger charge is 2.28. The van der Waals surface area contributed by atoms with Gasteiger partial charge >= 0.3 is 6.09 Å². The Morgan fingerprint density at radius 3 is 2.41 bits per heavy atom. The van der Waals surface area contributed by atoms with Crippen LogP contribution in [0.4, 0.5) is 4.79 Å². The molecule has 8 nitrogen and oxygen atoms in total. The van der Waals surface area contributed by atoms with Crippen LogP contribution in [-0.2, 0) is 32.1 Å². The van der Waals surface area contributed by atoms with Gasteiger partial charge in [0.15, 0.2) is 0 Å². The van der Waals surface area contributed by atoms with Gasteiger partial charge in [-0.15, -0.1) is 0 Å². The number of alkyl carbamates (subject to hydrolysis) is 1. The summed E-state index contributed by atoms with van der Waals surface area (Å²) in [5.41, 5.74) is 1.79. The van der Waals surface area contributed by atoms with Gasteiger partial charge in [0.1, 0.15) is 18.9 Å². The fourth-order valence-corrected chi connectivity index (χ4v) is 5.29. The summed E-state index contributed by atoms with van der Waals surface area (Å²) in [6, 6.07) is 12.7. The number of halogens is 2. The van der Waals surface area contributed by atoms with Gasteiger partial charge < -0.3 is 25.1 Å². The number of nitrogens with zero attached hydrogens (tertiary/aromatic N) is 1. The van der Waals surface area contributed by atoms with Gasteiger partial charge in [-0.1, -0.05) is 79.6 Å². The molecule has 3 amide bonds. The second-order valence-electron chi connectivity index (χ2n) is 10.6. The van der Waals surface area contributed by atoms with E-state index in [-0.39, 0.29) is 25.4 Å². The Kier molecular flexibility index (Phi) is 13.4. The number of benzene rings is 2. The van der Waals surface area contributed by atoms with Crippen LogP contribution in [-0.4, -0.2) is 54.8 Å². The van der Waals surface area contributed by atoms with E-state index in [1.165, 1.54) is 0 Å². The van der Waals surface area contributed by atoms with Crippen LogP contribution in [0.3, 0.4) is 0 Å². The molecule has 222 valence electrons. The second-order valence-corrected chi connectivity index (χ2v) is 11.5. The molecule has 3 rings (SSSR count). The zero-order valence-electron chi connectivity index (χ0n) is 23.5. The fraction of sp³-hybridized carbons (Fsp3) is 0.484. The molecule has 1 aliphatic rings. The van der Waals surface area contributed by atoms with E-state index in [2.05, 4.69) is 10.6 Å². The molecule has 2 N–H and O–H groups in total. The Morgan fingerprint density at radius 2 is 1.73 bits per heavy atom. The van der Waals surface area contributed by atoms with Crippen molar-refractivity contribution in [2.75, 3.05) is 13.6 Å². The van der Waals surface area contributed by atoms with Gasteiger partial charge in [-0.05, 0) is 60.6 Å². The maximum atomic E-state index is 13.2. The first-order valence-electron chi connectivity index (χ1n) is 14.1. The van der Waals surface area contributed by atoms with Gasteiger partial charge in [-0.3, -0.25) is 9.59 Å². The predicted octanol–water partition coefficient (Wildman–Crippen LogP) is 5.72. The third-order valence-corrected chi connectivity index (χ3v) is 7.88. The maximum absolute atomic E-state index is 13.2. The zero-order valence-corrected chi connectivity index (χ0v) is 25.0. The van der Waals surface area contributed by atoms with E-state index in [0.29, 0.717) is 41.6 Å². The molecule has 0 radical (unpaired) electrons. The van der Waals surface area contributed by atoms with Crippen molar-refractivity contribution < 1.29 is 23.9 Å². The first-order valence-corrected chi connectivity index (χ1v) is 14.9. The average Bonchev–Trinajstić information content (AvgIpc) is 2.97. The minimum Gasteiger partial charge on any atom is -0.445 e. The van der Waals surface area contributed by atoms with Crippen LogP contribution in [0.1, 0.15) is 62.5 Å². The van der Waals surface area contributed by atoms with Crippen LogP contribution in [0, 0.1) is 5.92 Å². The van der Waals surface area contributed by atoms with E-state index >= 15 is 0 Å². The van der Waals surface area contributed by atoms with E-state index < -0.39 is 24.1 Å². The molecule has 0 bridgehead atoms. The number of carbonyl (C=O) groups is 4. The second kappa shape index (κ2) is 17.0. The quantitative estimate of drug-likeness (QED) is 0.269. The van der Waals surface area contributed by atoms with E-state index in [1.54, 1.807) is 36.2 Å². The van der Waals surface area contributed by atoms with Crippen molar-refractivity contribution in [2.24, 2.45) is 5.92 Å². The zero-order chi connectivity index (χ0) is 29.6. The van der Waals surface area contributed by atoms with Crippen molar-refractivity contribution in [2.45, 2.75) is 76.5 Å². The molecule has 0 spiro atoms. The van der Waals surface area contributed by atoms with Crippen LogP contribution in [0.25, 0.3) is 0 Å². The van der Waals surface area contributed by atoms with Crippen molar-refractivity contribution in [1.29, 1.82) is 0 Å². The summed E-state index contributed by atoms with van der Waals surface area (Å²) in [6.45, 7) is 0.526. The molecule has 1 fully saturated rings. The number of rotatable bonds is 14. The lowest BCUT2D eigenvalue weighted by molar-refractivity contribution is -0.131. The third-order valence-electron chi connectivity index (χ3n) is 7.40. The fourth-order valence-electron chi connectivity index (χ4n) is 4.95. The van der Waals surface area contributed by atoms with Gasteiger partial charge in [0.25, 0.3) is 0 Å². The largest absolute Gasteiger partial charge is 0.445 e. The van der Waals surface area contributed by atoms with Gasteiger partial charge in [-0.25, -0.2) is 4.79 Å². The maximum Gasteiger partial charge on any atom is 0.408 e. The SMILES string of the molecule is CN(CCc1ccc(Cl)cc1)C(=O)CC[C@@H](C=O)NC(=O)[C@H](CC1CCCCC1)NC(=O)OCc1cccc(Cl)c1. The minimum atomic E-state index is -0.856. The minimum absolute atomic E-state index is 0.00870. The molecule has 10 heteroatoms. The van der Waals surface area contributed by atoms with E-state index in [9.17, 15) is 19.2 Å². The smallest absolute Gasteiger partial charge is 0.408 e. The molecular weight excluding hydrogens is 565 g/mol. The molecule has 2 aromatic rings. The van der Waals surface area contributed by atoms with Gasteiger partial charge in [0.2, 0.25) is 11.8 Å². The summed E-state index contributed by atoms with van der Waals surface area (Å²) in [6.07, 6.45) is 6.61. The lowest BCUT2D eigenvalue weighted by atomic mass is 9.84. The van der Waals surface area contributed by atoms with Crippen molar-refractivity contribution in [3.05, 3.63) is 69.7 Å². The number of nitrogens with one attached hydrogen (secondary N) is 2. The highest BCUT2D eigenvalue weighted by Crippen LogP contribution is 2.27. The number of likely N-dealkylation sites (N-methyl/N-ethyl adjacent to an activating group) is 1. The Labute approximate surface area is 252 Å². The molecule has 0 unspecified atom stereocenters. The molecule has 1 aliphatic carbocycles. The van der Waals surface area contributed by atoms with Crippen molar-refractivity contribution in [3.63, 3.8) is 0 Å². The summed E-state index contributed by atoms with van der Waals surface area (Å²) >= 11 is 11.9. The average molecular weight is 605 g/mol. The van der Waals surface area contributed by atoms with Gasteiger partial charge in [-0.2, -0.15) is 0 Å². The molecule has 0 aliphatic heterocycles. The molecule has 1 saturated carbocycles. The van der Waals surface area contributed by atoms with Crippen LogP contribution in [0.5, 0.6) is 0 Å². The first-order chi connectivity index (χ1) is 19.7. The monoisotopic (exact) mass is 603 g/mol. The number of hydrogen-bond donors (Lipinski definition) is 2. The van der Waals surface area contributed by atoms with Crippen LogP contribution in [0.15, 0.2) is 48.5 Å². The molecule has 2 atom stereocenters. The molecule has 0 heterocycles. The topological polar surface area (TPSA) is 105 Å². The number of hydrogen-bond acceptors (Lipinski definition) is 5. The van der Waals surface area contributed by atoms with Crippen LogP contribution < -0.4 is 10.6 Å². The normalized spacial score (nSPS) is 14.9. The van der Waals surface area contributed by atoms with Crippen molar-refractivity contribution in [3.8, 4) is 0 Å². The Bertz CT molecular complexity index is 1150. The number of aldehydes is 1. The van der Waals surface area contributed by atoms with E-state index in [4.69, 9.17) is 27.9 Å². The molecule has 0 saturated heterocycles. The summed E-state index contributed by atoms with van der Waals surface area (Å²) in [5, 5.41) is 6.61. The molecular formula is C31H39Cl2N3O5. The summed E-state index contributed by atoms with van der Waals surface area (Å²) in [4.78, 5) is 51.9. The number of ether oxygens (including phenoxy) is 1. The molecule has 2 aromatic carbocycles. The lowest BCUT2D eigenvalue weighted by Crippen LogP contribution is -2.51. The Morgan fingerprint density at radius 1 is 1.00 bits per heavy atom. The van der Waals surface area contributed by atoms with Crippen molar-refractivity contribution in [1.82, 2.24) is 15.5 Å². The highest BCUT2D eigenvalue weighted by molar-refractivity contribution is 6.30. The van der Waals surface area contributed by atoms with Gasteiger partial charge in [0, 0.05) is 30.1 Å². The first kappa shape index (κ1) is 32.4. The van der Waals surface area contributed by atoms with Gasteiger partial charge in [0.05, 0.1) is 6.04 Å². The van der Waals surface area contributed by atoms with Crippen LogP contribution in [0.2, 0.25) is 10.0 Å². The van der Waals surface area contributed by atoms with E-state index in [0.717, 1.165) is 43.2 Å². The van der Waals surface area contributed by atoms with Crippen molar-refractivity contribution >= 4 is 47.4 Å². The summed E-state index contributed by atoms with van der Waals surface area (Å²) in [5.74, 6) is -0.296. The van der Waals surface area contributed by atoms with E-state index in [1.807, 2.05) is 24.3 Å². The summed E-state index contributed by atoms with van der Waals surface area (Å²) < 4.78 is 5.34. The lowest BCUT2D eigenvalue weighted by Gasteiger charge is -2.27. The Balaban J connectivity index is 1.51. The molecule has 41 heavy (non-hydrogen) atoms. The number of amides is 3. The molecule has 0 aromatic heterocycles. The Hall–Kier alpha value is -3.10. The number of carbonyl (C=O) groups excluding carboxylic acids is 4. The standard InChI is InChI=1S/C31H39Cl2N3O5/c1-36(17-16-22-10-12-25(32)13-11-22)29(38)15-14-27(20-37)34-30(39)28(19-23-6-3-2-4-7-23)35-31(40)41-21-24-8-5-9-26(33)18-24/h5,8-13,18,20,23,27-28H,2-4,6-7,14-17,19,21H2,1H3,(H,34,39)(H,35,40)/t27-,28-/m0/s1.